The van der Waals surface area contributed by atoms with Crippen LogP contribution >= 0.6 is 11.6 Å². The SMILES string of the molecule is CCN(c1ccc(C#N)cc1)C1(n2c(-c3ccc(Cl)cc3)nc3cc(F)c(F)cc32)CCCCC1. The molecule has 0 amide bonds. The van der Waals surface area contributed by atoms with Gasteiger partial charge in [0.15, 0.2) is 11.6 Å². The molecule has 178 valence electrons. The Morgan fingerprint density at radius 2 is 1.66 bits per heavy atom. The fourth-order valence-electron chi connectivity index (χ4n) is 5.45. The second-order valence-corrected chi connectivity index (χ2v) is 9.42. The molecule has 4 nitrogen and oxygen atoms in total. The molecule has 7 heteroatoms. The highest BCUT2D eigenvalue weighted by molar-refractivity contribution is 6.30. The third kappa shape index (κ3) is 4.04. The molecule has 1 fully saturated rings. The first kappa shape index (κ1) is 23.3. The monoisotopic (exact) mass is 490 g/mol. The average molecular weight is 491 g/mol. The third-order valence-corrected chi connectivity index (χ3v) is 7.25. The number of anilines is 1. The summed E-state index contributed by atoms with van der Waals surface area (Å²) in [5, 5.41) is 9.88. The Kier molecular flexibility index (Phi) is 6.21. The van der Waals surface area contributed by atoms with Crippen molar-refractivity contribution in [2.75, 3.05) is 11.4 Å². The second kappa shape index (κ2) is 9.31. The predicted octanol–water partition coefficient (Wildman–Crippen LogP) is 7.65. The minimum Gasteiger partial charge on any atom is -0.349 e. The van der Waals surface area contributed by atoms with Crippen LogP contribution in [-0.4, -0.2) is 16.1 Å². The predicted molar refractivity (Wildman–Crippen MR) is 135 cm³/mol. The maximum absolute atomic E-state index is 14.6. The summed E-state index contributed by atoms with van der Waals surface area (Å²) in [5.41, 5.74) is 2.81. The van der Waals surface area contributed by atoms with Gasteiger partial charge in [-0.05, 0) is 81.1 Å². The molecular weight excluding hydrogens is 466 g/mol. The summed E-state index contributed by atoms with van der Waals surface area (Å²) in [4.78, 5) is 7.13. The van der Waals surface area contributed by atoms with Gasteiger partial charge in [0.1, 0.15) is 11.5 Å². The van der Waals surface area contributed by atoms with Crippen LogP contribution in [0.15, 0.2) is 60.7 Å². The van der Waals surface area contributed by atoms with Crippen LogP contribution in [0.3, 0.4) is 0 Å². The Bertz CT molecular complexity index is 1400. The second-order valence-electron chi connectivity index (χ2n) is 8.98. The van der Waals surface area contributed by atoms with Crippen LogP contribution in [-0.2, 0) is 5.66 Å². The van der Waals surface area contributed by atoms with Gasteiger partial charge in [0.05, 0.1) is 22.7 Å². The number of rotatable bonds is 5. The van der Waals surface area contributed by atoms with E-state index in [1.807, 2.05) is 36.4 Å². The van der Waals surface area contributed by atoms with E-state index in [4.69, 9.17) is 16.6 Å². The molecule has 0 aliphatic heterocycles. The van der Waals surface area contributed by atoms with Crippen LogP contribution in [0.4, 0.5) is 14.5 Å². The molecule has 4 aromatic rings. The number of nitriles is 1. The van der Waals surface area contributed by atoms with Crippen molar-refractivity contribution in [2.24, 2.45) is 0 Å². The highest BCUT2D eigenvalue weighted by Crippen LogP contribution is 2.45. The van der Waals surface area contributed by atoms with E-state index in [1.54, 1.807) is 12.1 Å². The van der Waals surface area contributed by atoms with E-state index in [2.05, 4.69) is 22.5 Å². The lowest BCUT2D eigenvalue weighted by Crippen LogP contribution is -2.52. The van der Waals surface area contributed by atoms with Crippen molar-refractivity contribution < 1.29 is 8.78 Å². The topological polar surface area (TPSA) is 44.9 Å². The number of aromatic nitrogens is 2. The van der Waals surface area contributed by atoms with Gasteiger partial charge in [-0.15, -0.1) is 0 Å². The van der Waals surface area contributed by atoms with E-state index < -0.39 is 17.3 Å². The van der Waals surface area contributed by atoms with E-state index >= 15 is 0 Å². The van der Waals surface area contributed by atoms with E-state index in [0.29, 0.717) is 34.0 Å². The van der Waals surface area contributed by atoms with Gasteiger partial charge in [0.2, 0.25) is 0 Å². The fourth-order valence-corrected chi connectivity index (χ4v) is 5.58. The number of fused-ring (bicyclic) bond motifs is 1. The molecule has 0 spiro atoms. The summed E-state index contributed by atoms with van der Waals surface area (Å²) in [7, 11) is 0. The number of hydrogen-bond acceptors (Lipinski definition) is 3. The molecule has 0 saturated heterocycles. The molecule has 1 aromatic heterocycles. The zero-order valence-corrected chi connectivity index (χ0v) is 20.2. The lowest BCUT2D eigenvalue weighted by Gasteiger charge is -2.49. The van der Waals surface area contributed by atoms with Crippen molar-refractivity contribution in [3.63, 3.8) is 0 Å². The van der Waals surface area contributed by atoms with Gasteiger partial charge >= 0.3 is 0 Å². The molecule has 3 aromatic carbocycles. The van der Waals surface area contributed by atoms with Gasteiger partial charge in [0, 0.05) is 35.0 Å². The highest BCUT2D eigenvalue weighted by atomic mass is 35.5. The molecule has 1 saturated carbocycles. The van der Waals surface area contributed by atoms with Crippen molar-refractivity contribution in [3.8, 4) is 17.5 Å². The molecule has 0 N–H and O–H groups in total. The quantitative estimate of drug-likeness (QED) is 0.288. The van der Waals surface area contributed by atoms with Crippen molar-refractivity contribution >= 4 is 28.3 Å². The molecule has 35 heavy (non-hydrogen) atoms. The van der Waals surface area contributed by atoms with Crippen LogP contribution < -0.4 is 4.90 Å². The molecule has 1 aliphatic carbocycles. The fraction of sp³-hybridized carbons (Fsp3) is 0.286. The number of halogens is 3. The Hall–Kier alpha value is -3.43. The molecule has 0 unspecified atom stereocenters. The lowest BCUT2D eigenvalue weighted by atomic mass is 9.86. The summed E-state index contributed by atoms with van der Waals surface area (Å²) in [5.74, 6) is -1.16. The smallest absolute Gasteiger partial charge is 0.161 e. The normalized spacial score (nSPS) is 15.2. The van der Waals surface area contributed by atoms with Gasteiger partial charge in [0.25, 0.3) is 0 Å². The van der Waals surface area contributed by atoms with Crippen LogP contribution in [0.1, 0.15) is 44.6 Å². The first-order valence-corrected chi connectivity index (χ1v) is 12.3. The first-order valence-electron chi connectivity index (χ1n) is 11.9. The lowest BCUT2D eigenvalue weighted by molar-refractivity contribution is 0.192. The largest absolute Gasteiger partial charge is 0.349 e. The summed E-state index contributed by atoms with van der Waals surface area (Å²) >= 11 is 6.16. The number of imidazole rings is 1. The summed E-state index contributed by atoms with van der Waals surface area (Å²) in [6.45, 7) is 2.78. The number of hydrogen-bond donors (Lipinski definition) is 0. The van der Waals surface area contributed by atoms with E-state index in [9.17, 15) is 14.0 Å². The molecule has 0 radical (unpaired) electrons. The van der Waals surface area contributed by atoms with Crippen molar-refractivity contribution in [1.29, 1.82) is 5.26 Å². The van der Waals surface area contributed by atoms with Gasteiger partial charge in [-0.25, -0.2) is 13.8 Å². The first-order chi connectivity index (χ1) is 17.0. The van der Waals surface area contributed by atoms with Crippen LogP contribution in [0, 0.1) is 23.0 Å². The number of nitrogens with zero attached hydrogens (tertiary/aromatic N) is 4. The van der Waals surface area contributed by atoms with Gasteiger partial charge in [-0.3, -0.25) is 4.57 Å². The Morgan fingerprint density at radius 3 is 2.29 bits per heavy atom. The molecule has 0 bridgehead atoms. The van der Waals surface area contributed by atoms with Crippen LogP contribution in [0.2, 0.25) is 5.02 Å². The van der Waals surface area contributed by atoms with Crippen molar-refractivity contribution in [2.45, 2.75) is 44.7 Å². The molecule has 1 heterocycles. The molecular formula is C28H25ClF2N4. The van der Waals surface area contributed by atoms with Crippen LogP contribution in [0.5, 0.6) is 0 Å². The van der Waals surface area contributed by atoms with E-state index in [-0.39, 0.29) is 0 Å². The van der Waals surface area contributed by atoms with Crippen LogP contribution in [0.25, 0.3) is 22.4 Å². The highest BCUT2D eigenvalue weighted by Gasteiger charge is 2.42. The van der Waals surface area contributed by atoms with Gasteiger partial charge < -0.3 is 4.90 Å². The van der Waals surface area contributed by atoms with Crippen molar-refractivity contribution in [3.05, 3.63) is 82.9 Å². The van der Waals surface area contributed by atoms with E-state index in [0.717, 1.165) is 43.4 Å². The summed E-state index contributed by atoms with van der Waals surface area (Å²) < 4.78 is 31.0. The molecule has 5 rings (SSSR count). The zero-order chi connectivity index (χ0) is 24.6. The maximum atomic E-state index is 14.6. The van der Waals surface area contributed by atoms with Gasteiger partial charge in [-0.1, -0.05) is 18.0 Å². The molecule has 0 atom stereocenters. The third-order valence-electron chi connectivity index (χ3n) is 7.00. The minimum atomic E-state index is -0.915. The molecule has 1 aliphatic rings. The van der Waals surface area contributed by atoms with Gasteiger partial charge in [-0.2, -0.15) is 5.26 Å². The Morgan fingerprint density at radius 1 is 1.00 bits per heavy atom. The minimum absolute atomic E-state index is 0.412. The average Bonchev–Trinajstić information content (AvgIpc) is 3.24. The summed E-state index contributed by atoms with van der Waals surface area (Å²) in [6.07, 6.45) is 4.75. The standard InChI is InChI=1S/C28H25ClF2N4/c1-2-34(22-12-6-19(18-32)7-13-22)28(14-4-3-5-15-28)35-26-17-24(31)23(30)16-25(26)33-27(35)20-8-10-21(29)11-9-20/h6-13,16-17H,2-5,14-15H2,1H3. The van der Waals surface area contributed by atoms with E-state index in [1.165, 1.54) is 12.1 Å². The Balaban J connectivity index is 1.81. The summed E-state index contributed by atoms with van der Waals surface area (Å²) in [6, 6.07) is 19.5. The maximum Gasteiger partial charge on any atom is 0.161 e. The van der Waals surface area contributed by atoms with Crippen molar-refractivity contribution in [1.82, 2.24) is 9.55 Å². The Labute approximate surface area is 208 Å². The number of benzene rings is 3. The zero-order valence-electron chi connectivity index (χ0n) is 19.4.